The summed E-state index contributed by atoms with van der Waals surface area (Å²) >= 11 is 0. The first kappa shape index (κ1) is 13.8. The molecule has 0 aliphatic carbocycles. The van der Waals surface area contributed by atoms with Gasteiger partial charge in [0.25, 0.3) is 0 Å². The molecule has 14 heavy (non-hydrogen) atoms. The van der Waals surface area contributed by atoms with E-state index in [2.05, 4.69) is 9.80 Å². The van der Waals surface area contributed by atoms with Crippen LogP contribution in [0, 0.1) is 0 Å². The van der Waals surface area contributed by atoms with Crippen LogP contribution in [0.15, 0.2) is 0 Å². The fourth-order valence-electron chi connectivity index (χ4n) is 1.42. The number of aliphatic hydroxyl groups excluding tert-OH is 2. The van der Waals surface area contributed by atoms with Crippen molar-refractivity contribution in [2.24, 2.45) is 0 Å². The van der Waals surface area contributed by atoms with Gasteiger partial charge in [0.1, 0.15) is 0 Å². The lowest BCUT2D eigenvalue weighted by molar-refractivity contribution is 0.109. The quantitative estimate of drug-likeness (QED) is 0.565. The second-order valence-electron chi connectivity index (χ2n) is 4.03. The van der Waals surface area contributed by atoms with Gasteiger partial charge in [-0.3, -0.25) is 4.90 Å². The third-order valence-electron chi connectivity index (χ3n) is 2.02. The van der Waals surface area contributed by atoms with Crippen LogP contribution in [0.1, 0.15) is 13.3 Å². The topological polar surface area (TPSA) is 46.9 Å². The number of aliphatic hydroxyl groups is 2. The van der Waals surface area contributed by atoms with Crippen LogP contribution < -0.4 is 0 Å². The molecule has 0 spiro atoms. The van der Waals surface area contributed by atoms with Crippen molar-refractivity contribution in [3.63, 3.8) is 0 Å². The molecule has 0 fully saturated rings. The maximum atomic E-state index is 9.22. The third-order valence-corrected chi connectivity index (χ3v) is 2.02. The number of hydrogen-bond acceptors (Lipinski definition) is 4. The Morgan fingerprint density at radius 2 is 1.79 bits per heavy atom. The summed E-state index contributed by atoms with van der Waals surface area (Å²) in [5, 5.41) is 18.0. The molecule has 0 aliphatic rings. The first-order valence-electron chi connectivity index (χ1n) is 5.22. The van der Waals surface area contributed by atoms with Crippen LogP contribution in [0.4, 0.5) is 0 Å². The lowest BCUT2D eigenvalue weighted by Gasteiger charge is -2.23. The van der Waals surface area contributed by atoms with E-state index in [-0.39, 0.29) is 12.7 Å². The first-order chi connectivity index (χ1) is 6.56. The summed E-state index contributed by atoms with van der Waals surface area (Å²) < 4.78 is 0. The molecule has 0 aromatic carbocycles. The molecule has 0 aromatic rings. The third kappa shape index (κ3) is 8.44. The van der Waals surface area contributed by atoms with Crippen LogP contribution in [-0.2, 0) is 0 Å². The lowest BCUT2D eigenvalue weighted by atomic mass is 10.3. The Morgan fingerprint density at radius 1 is 1.14 bits per heavy atom. The second-order valence-corrected chi connectivity index (χ2v) is 4.03. The molecule has 1 unspecified atom stereocenters. The summed E-state index contributed by atoms with van der Waals surface area (Å²) in [5.74, 6) is 0. The van der Waals surface area contributed by atoms with Gasteiger partial charge in [0.15, 0.2) is 0 Å². The van der Waals surface area contributed by atoms with E-state index in [9.17, 15) is 5.11 Å². The van der Waals surface area contributed by atoms with Gasteiger partial charge in [-0.05, 0) is 40.5 Å². The van der Waals surface area contributed by atoms with Gasteiger partial charge in [0.2, 0.25) is 0 Å². The molecule has 0 rings (SSSR count). The minimum atomic E-state index is -0.319. The molecule has 0 aliphatic heterocycles. The van der Waals surface area contributed by atoms with Gasteiger partial charge in [0, 0.05) is 13.1 Å². The summed E-state index contributed by atoms with van der Waals surface area (Å²) in [4.78, 5) is 4.23. The number of hydrogen-bond donors (Lipinski definition) is 2. The van der Waals surface area contributed by atoms with Crippen LogP contribution in [-0.4, -0.2) is 73.0 Å². The SMILES string of the molecule is CC(O)CN(CCO)CCCN(C)C. The van der Waals surface area contributed by atoms with Crippen molar-refractivity contribution in [2.45, 2.75) is 19.4 Å². The fourth-order valence-corrected chi connectivity index (χ4v) is 1.42. The molecule has 86 valence electrons. The van der Waals surface area contributed by atoms with Gasteiger partial charge < -0.3 is 15.1 Å². The van der Waals surface area contributed by atoms with Crippen LogP contribution >= 0.6 is 0 Å². The van der Waals surface area contributed by atoms with E-state index in [0.29, 0.717) is 13.1 Å². The van der Waals surface area contributed by atoms with E-state index in [1.807, 2.05) is 14.1 Å². The zero-order valence-corrected chi connectivity index (χ0v) is 9.61. The predicted molar refractivity (Wildman–Crippen MR) is 58.4 cm³/mol. The zero-order valence-electron chi connectivity index (χ0n) is 9.61. The Balaban J connectivity index is 3.61. The number of rotatable bonds is 8. The Hall–Kier alpha value is -0.160. The standard InChI is InChI=1S/C10H24N2O2/c1-10(14)9-12(7-8-13)6-4-5-11(2)3/h10,13-14H,4-9H2,1-3H3. The van der Waals surface area contributed by atoms with Crippen LogP contribution in [0.5, 0.6) is 0 Å². The first-order valence-corrected chi connectivity index (χ1v) is 5.22. The van der Waals surface area contributed by atoms with Gasteiger partial charge in [-0.1, -0.05) is 0 Å². The second kappa shape index (κ2) is 8.17. The smallest absolute Gasteiger partial charge is 0.0639 e. The highest BCUT2D eigenvalue weighted by atomic mass is 16.3. The van der Waals surface area contributed by atoms with Crippen molar-refractivity contribution in [2.75, 3.05) is 46.9 Å². The molecule has 4 nitrogen and oxygen atoms in total. The lowest BCUT2D eigenvalue weighted by Crippen LogP contribution is -2.35. The van der Waals surface area contributed by atoms with Crippen molar-refractivity contribution in [1.29, 1.82) is 0 Å². The van der Waals surface area contributed by atoms with E-state index in [1.165, 1.54) is 0 Å². The molecule has 4 heteroatoms. The maximum absolute atomic E-state index is 9.22. The minimum Gasteiger partial charge on any atom is -0.395 e. The molecular weight excluding hydrogens is 180 g/mol. The Labute approximate surface area is 87.1 Å². The fraction of sp³-hybridized carbons (Fsp3) is 1.00. The van der Waals surface area contributed by atoms with Crippen LogP contribution in [0.2, 0.25) is 0 Å². The van der Waals surface area contributed by atoms with Crippen molar-refractivity contribution in [3.05, 3.63) is 0 Å². The largest absolute Gasteiger partial charge is 0.395 e. The summed E-state index contributed by atoms with van der Waals surface area (Å²) in [6, 6.07) is 0. The van der Waals surface area contributed by atoms with Crippen molar-refractivity contribution >= 4 is 0 Å². The molecule has 1 atom stereocenters. The van der Waals surface area contributed by atoms with E-state index >= 15 is 0 Å². The Bertz CT molecular complexity index is 129. The highest BCUT2D eigenvalue weighted by Gasteiger charge is 2.07. The molecule has 0 aromatic heterocycles. The van der Waals surface area contributed by atoms with Gasteiger partial charge in [-0.25, -0.2) is 0 Å². The monoisotopic (exact) mass is 204 g/mol. The molecule has 2 N–H and O–H groups in total. The highest BCUT2D eigenvalue weighted by molar-refractivity contribution is 4.61. The molecule has 0 amide bonds. The predicted octanol–water partition coefficient (Wildman–Crippen LogP) is -0.387. The van der Waals surface area contributed by atoms with E-state index in [1.54, 1.807) is 6.92 Å². The normalized spacial score (nSPS) is 13.9. The van der Waals surface area contributed by atoms with Crippen LogP contribution in [0.3, 0.4) is 0 Å². The Morgan fingerprint density at radius 3 is 2.21 bits per heavy atom. The average Bonchev–Trinajstić information content (AvgIpc) is 2.02. The summed E-state index contributed by atoms with van der Waals surface area (Å²) in [7, 11) is 4.09. The minimum absolute atomic E-state index is 0.161. The molecule has 0 heterocycles. The maximum Gasteiger partial charge on any atom is 0.0639 e. The molecule has 0 saturated carbocycles. The Kier molecular flexibility index (Phi) is 8.08. The molecule has 0 bridgehead atoms. The zero-order chi connectivity index (χ0) is 11.0. The van der Waals surface area contributed by atoms with E-state index in [0.717, 1.165) is 19.5 Å². The van der Waals surface area contributed by atoms with Crippen molar-refractivity contribution in [1.82, 2.24) is 9.80 Å². The molecule has 0 saturated heterocycles. The van der Waals surface area contributed by atoms with Crippen LogP contribution in [0.25, 0.3) is 0 Å². The van der Waals surface area contributed by atoms with Gasteiger partial charge in [0.05, 0.1) is 12.7 Å². The summed E-state index contributed by atoms with van der Waals surface area (Å²) in [5.41, 5.74) is 0. The van der Waals surface area contributed by atoms with Crippen molar-refractivity contribution < 1.29 is 10.2 Å². The van der Waals surface area contributed by atoms with Gasteiger partial charge in [-0.15, -0.1) is 0 Å². The molecular formula is C10H24N2O2. The van der Waals surface area contributed by atoms with Gasteiger partial charge >= 0.3 is 0 Å². The summed E-state index contributed by atoms with van der Waals surface area (Å²) in [6.45, 7) is 5.21. The van der Waals surface area contributed by atoms with E-state index < -0.39 is 0 Å². The highest BCUT2D eigenvalue weighted by Crippen LogP contribution is 1.95. The average molecular weight is 204 g/mol. The number of nitrogens with zero attached hydrogens (tertiary/aromatic N) is 2. The summed E-state index contributed by atoms with van der Waals surface area (Å²) in [6.07, 6.45) is 0.751. The van der Waals surface area contributed by atoms with Crippen molar-refractivity contribution in [3.8, 4) is 0 Å². The molecule has 0 radical (unpaired) electrons. The van der Waals surface area contributed by atoms with E-state index in [4.69, 9.17) is 5.11 Å². The van der Waals surface area contributed by atoms with Gasteiger partial charge in [-0.2, -0.15) is 0 Å².